The molecule has 2 heteroatoms. The van der Waals surface area contributed by atoms with Gasteiger partial charge in [-0.3, -0.25) is 0 Å². The van der Waals surface area contributed by atoms with Crippen molar-refractivity contribution in [2.24, 2.45) is 0 Å². The molecule has 1 rings (SSSR count). The first-order valence-electron chi connectivity index (χ1n) is 3.27. The fourth-order valence-electron chi connectivity index (χ4n) is 0.686. The molecule has 1 aromatic carbocycles. The standard InChI is InChI=1S/C9H8OSe/c1-8(7-10)11-9-5-3-2-4-6-9/h2-6H,1H3. The van der Waals surface area contributed by atoms with Crippen molar-refractivity contribution in [2.45, 2.75) is 6.92 Å². The Kier molecular flexibility index (Phi) is 3.13. The first-order valence-corrected chi connectivity index (χ1v) is 4.99. The summed E-state index contributed by atoms with van der Waals surface area (Å²) in [6.07, 6.45) is 0. The van der Waals surface area contributed by atoms with Crippen LogP contribution in [0, 0.1) is 0 Å². The molecule has 0 spiro atoms. The minimum absolute atomic E-state index is 0.170. The summed E-state index contributed by atoms with van der Waals surface area (Å²) in [6, 6.07) is 9.99. The molecule has 56 valence electrons. The third-order valence-electron chi connectivity index (χ3n) is 1.16. The van der Waals surface area contributed by atoms with Crippen molar-refractivity contribution in [1.29, 1.82) is 0 Å². The Morgan fingerprint density at radius 3 is 2.55 bits per heavy atom. The van der Waals surface area contributed by atoms with Gasteiger partial charge < -0.3 is 0 Å². The molecule has 0 aliphatic heterocycles. The van der Waals surface area contributed by atoms with Crippen LogP contribution < -0.4 is 4.46 Å². The van der Waals surface area contributed by atoms with E-state index in [0.29, 0.717) is 0 Å². The fourth-order valence-corrected chi connectivity index (χ4v) is 2.13. The first kappa shape index (κ1) is 8.29. The molecule has 0 aliphatic carbocycles. The van der Waals surface area contributed by atoms with Crippen LogP contribution in [-0.4, -0.2) is 20.9 Å². The molecule has 0 bridgehead atoms. The van der Waals surface area contributed by atoms with E-state index in [1.807, 2.05) is 43.2 Å². The van der Waals surface area contributed by atoms with Crippen LogP contribution in [0.5, 0.6) is 0 Å². The molecule has 0 radical (unpaired) electrons. The van der Waals surface area contributed by atoms with Crippen LogP contribution in [0.1, 0.15) is 6.92 Å². The zero-order valence-corrected chi connectivity index (χ0v) is 7.92. The number of carbonyl (C=O) groups excluding carboxylic acids is 1. The average molecular weight is 211 g/mol. The summed E-state index contributed by atoms with van der Waals surface area (Å²) < 4.78 is 2.03. The van der Waals surface area contributed by atoms with E-state index in [0.717, 1.165) is 4.47 Å². The molecule has 0 atom stereocenters. The second kappa shape index (κ2) is 4.15. The summed E-state index contributed by atoms with van der Waals surface area (Å²) in [5, 5.41) is 0. The van der Waals surface area contributed by atoms with Gasteiger partial charge in [-0.25, -0.2) is 0 Å². The SMILES string of the molecule is CC(=C=O)[Se]c1ccccc1. The number of hydrogen-bond donors (Lipinski definition) is 0. The van der Waals surface area contributed by atoms with E-state index in [1.165, 1.54) is 4.46 Å². The van der Waals surface area contributed by atoms with Gasteiger partial charge in [-0.05, 0) is 0 Å². The van der Waals surface area contributed by atoms with Gasteiger partial charge in [0.25, 0.3) is 0 Å². The van der Waals surface area contributed by atoms with Crippen LogP contribution in [-0.2, 0) is 4.79 Å². The molecule has 11 heavy (non-hydrogen) atoms. The van der Waals surface area contributed by atoms with E-state index in [2.05, 4.69) is 0 Å². The van der Waals surface area contributed by atoms with E-state index < -0.39 is 0 Å². The van der Waals surface area contributed by atoms with Gasteiger partial charge in [-0.2, -0.15) is 0 Å². The summed E-state index contributed by atoms with van der Waals surface area (Å²) in [6.45, 7) is 1.82. The van der Waals surface area contributed by atoms with Crippen LogP contribution in [0.4, 0.5) is 0 Å². The maximum atomic E-state index is 10.2. The number of allylic oxidation sites excluding steroid dienone is 1. The third-order valence-corrected chi connectivity index (χ3v) is 3.04. The van der Waals surface area contributed by atoms with Crippen molar-refractivity contribution in [2.75, 3.05) is 0 Å². The van der Waals surface area contributed by atoms with Crippen molar-refractivity contribution < 1.29 is 4.79 Å². The van der Waals surface area contributed by atoms with Crippen LogP contribution in [0.25, 0.3) is 0 Å². The maximum absolute atomic E-state index is 10.2. The monoisotopic (exact) mass is 212 g/mol. The van der Waals surface area contributed by atoms with Crippen molar-refractivity contribution in [1.82, 2.24) is 0 Å². The predicted molar refractivity (Wildman–Crippen MR) is 46.7 cm³/mol. The summed E-state index contributed by atoms with van der Waals surface area (Å²) >= 11 is 0.170. The summed E-state index contributed by atoms with van der Waals surface area (Å²) in [5.74, 6) is 1.91. The zero-order chi connectivity index (χ0) is 8.10. The van der Waals surface area contributed by atoms with E-state index in [1.54, 1.807) is 0 Å². The van der Waals surface area contributed by atoms with Crippen LogP contribution in [0.15, 0.2) is 34.8 Å². The van der Waals surface area contributed by atoms with Crippen LogP contribution in [0.3, 0.4) is 0 Å². The van der Waals surface area contributed by atoms with Crippen molar-refractivity contribution in [3.8, 4) is 0 Å². The molecule has 0 amide bonds. The quantitative estimate of drug-likeness (QED) is 0.521. The Labute approximate surface area is 72.3 Å². The van der Waals surface area contributed by atoms with Gasteiger partial charge in [0.15, 0.2) is 0 Å². The molecular weight excluding hydrogens is 203 g/mol. The Balaban J connectivity index is 2.73. The topological polar surface area (TPSA) is 17.1 Å². The van der Waals surface area contributed by atoms with Gasteiger partial charge in [0, 0.05) is 0 Å². The van der Waals surface area contributed by atoms with Gasteiger partial charge in [0.2, 0.25) is 0 Å². The second-order valence-corrected chi connectivity index (χ2v) is 4.78. The summed E-state index contributed by atoms with van der Waals surface area (Å²) in [5.41, 5.74) is 0. The molecule has 1 nitrogen and oxygen atoms in total. The Bertz CT molecular complexity index is 273. The molecule has 1 aromatic rings. The molecule has 0 N–H and O–H groups in total. The van der Waals surface area contributed by atoms with E-state index in [9.17, 15) is 4.79 Å². The molecular formula is C9H8OSe. The number of rotatable bonds is 2. The fraction of sp³-hybridized carbons (Fsp3) is 0.111. The van der Waals surface area contributed by atoms with Crippen molar-refractivity contribution >= 4 is 25.4 Å². The molecule has 0 unspecified atom stereocenters. The van der Waals surface area contributed by atoms with E-state index >= 15 is 0 Å². The van der Waals surface area contributed by atoms with Gasteiger partial charge in [0.1, 0.15) is 0 Å². The Morgan fingerprint density at radius 1 is 1.36 bits per heavy atom. The molecule has 0 aromatic heterocycles. The average Bonchev–Trinajstić information content (AvgIpc) is 2.06. The van der Waals surface area contributed by atoms with E-state index in [4.69, 9.17) is 0 Å². The molecule has 0 saturated heterocycles. The Hall–Kier alpha value is -0.811. The first-order chi connectivity index (χ1) is 5.33. The normalized spacial score (nSPS) is 8.82. The number of benzene rings is 1. The van der Waals surface area contributed by atoms with Crippen molar-refractivity contribution in [3.63, 3.8) is 0 Å². The van der Waals surface area contributed by atoms with Gasteiger partial charge in [-0.1, -0.05) is 0 Å². The summed E-state index contributed by atoms with van der Waals surface area (Å²) in [4.78, 5) is 10.2. The number of hydrogen-bond acceptors (Lipinski definition) is 1. The molecule has 0 saturated carbocycles. The third kappa shape index (κ3) is 2.73. The van der Waals surface area contributed by atoms with Crippen LogP contribution >= 0.6 is 0 Å². The molecule has 0 heterocycles. The predicted octanol–water partition coefficient (Wildman–Crippen LogP) is 0.751. The van der Waals surface area contributed by atoms with Crippen molar-refractivity contribution in [3.05, 3.63) is 34.8 Å². The van der Waals surface area contributed by atoms with Crippen LogP contribution in [0.2, 0.25) is 0 Å². The van der Waals surface area contributed by atoms with Gasteiger partial charge >= 0.3 is 71.9 Å². The summed E-state index contributed by atoms with van der Waals surface area (Å²) in [7, 11) is 0. The zero-order valence-electron chi connectivity index (χ0n) is 6.20. The second-order valence-electron chi connectivity index (χ2n) is 2.07. The molecule has 0 fully saturated rings. The minimum atomic E-state index is 0.170. The molecule has 0 aliphatic rings. The Morgan fingerprint density at radius 2 is 2.00 bits per heavy atom. The van der Waals surface area contributed by atoms with Gasteiger partial charge in [0.05, 0.1) is 0 Å². The van der Waals surface area contributed by atoms with E-state index in [-0.39, 0.29) is 15.0 Å². The van der Waals surface area contributed by atoms with Gasteiger partial charge in [-0.15, -0.1) is 0 Å².